The van der Waals surface area contributed by atoms with Gasteiger partial charge in [-0.3, -0.25) is 9.69 Å². The molecule has 6 nitrogen and oxygen atoms in total. The number of anilines is 1. The Morgan fingerprint density at radius 3 is 2.45 bits per heavy atom. The van der Waals surface area contributed by atoms with Crippen LogP contribution in [0.3, 0.4) is 0 Å². The zero-order valence-electron chi connectivity index (χ0n) is 17.9. The van der Waals surface area contributed by atoms with E-state index in [1.165, 1.54) is 0 Å². The number of nitrogens with zero attached hydrogens (tertiary/aromatic N) is 3. The van der Waals surface area contributed by atoms with E-state index in [0.29, 0.717) is 12.5 Å². The van der Waals surface area contributed by atoms with Gasteiger partial charge in [0.05, 0.1) is 32.3 Å². The predicted molar refractivity (Wildman–Crippen MR) is 114 cm³/mol. The van der Waals surface area contributed by atoms with Gasteiger partial charge in [-0.15, -0.1) is 0 Å². The van der Waals surface area contributed by atoms with Crippen molar-refractivity contribution < 1.29 is 14.3 Å². The van der Waals surface area contributed by atoms with E-state index < -0.39 is 0 Å². The van der Waals surface area contributed by atoms with Crippen LogP contribution in [0.2, 0.25) is 0 Å². The molecule has 3 aliphatic rings. The number of piperidine rings is 1. The second-order valence-corrected chi connectivity index (χ2v) is 9.17. The first-order chi connectivity index (χ1) is 14.0. The molecule has 1 atom stereocenters. The number of carbonyl (C=O) groups excluding carboxylic acids is 1. The maximum atomic E-state index is 12.8. The summed E-state index contributed by atoms with van der Waals surface area (Å²) >= 11 is 0. The van der Waals surface area contributed by atoms with Crippen LogP contribution in [0, 0.1) is 5.41 Å². The quantitative estimate of drug-likeness (QED) is 0.755. The Hall–Kier alpha value is -1.63. The Morgan fingerprint density at radius 1 is 1.10 bits per heavy atom. The first-order valence-electron chi connectivity index (χ1n) is 11.0. The summed E-state index contributed by atoms with van der Waals surface area (Å²) in [6.45, 7) is 7.33. The Kier molecular flexibility index (Phi) is 6.42. The van der Waals surface area contributed by atoms with E-state index in [-0.39, 0.29) is 11.3 Å². The van der Waals surface area contributed by atoms with Gasteiger partial charge in [0.2, 0.25) is 5.91 Å². The lowest BCUT2D eigenvalue weighted by atomic mass is 9.76. The summed E-state index contributed by atoms with van der Waals surface area (Å²) in [4.78, 5) is 19.4. The molecule has 6 heteroatoms. The number of benzene rings is 1. The van der Waals surface area contributed by atoms with E-state index in [0.717, 1.165) is 83.1 Å². The third-order valence-corrected chi connectivity index (χ3v) is 6.84. The highest BCUT2D eigenvalue weighted by Gasteiger charge is 2.43. The average Bonchev–Trinajstić information content (AvgIpc) is 3.11. The molecule has 0 aromatic heterocycles. The van der Waals surface area contributed by atoms with Crippen LogP contribution in [0.1, 0.15) is 24.8 Å². The fourth-order valence-electron chi connectivity index (χ4n) is 4.86. The van der Waals surface area contributed by atoms with Crippen molar-refractivity contribution in [2.45, 2.75) is 31.8 Å². The number of likely N-dealkylation sites (tertiary alicyclic amines) is 1. The van der Waals surface area contributed by atoms with Crippen molar-refractivity contribution in [1.29, 1.82) is 0 Å². The van der Waals surface area contributed by atoms with Crippen LogP contribution < -0.4 is 4.90 Å². The highest BCUT2D eigenvalue weighted by atomic mass is 16.5. The normalized spacial score (nSPS) is 24.8. The van der Waals surface area contributed by atoms with Crippen molar-refractivity contribution in [2.24, 2.45) is 5.41 Å². The van der Waals surface area contributed by atoms with Gasteiger partial charge in [-0.05, 0) is 42.4 Å². The Balaban J connectivity index is 1.24. The maximum absolute atomic E-state index is 12.8. The minimum Gasteiger partial charge on any atom is -0.379 e. The van der Waals surface area contributed by atoms with Gasteiger partial charge >= 0.3 is 0 Å². The van der Waals surface area contributed by atoms with Gasteiger partial charge in [-0.2, -0.15) is 0 Å². The SMILES string of the molecule is CN(C)c1ccc(CC(=O)N2CCC3(CC2)COC(CN2CCOCC2)C3)cc1. The first-order valence-corrected chi connectivity index (χ1v) is 11.0. The molecule has 1 spiro atoms. The molecule has 0 aliphatic carbocycles. The van der Waals surface area contributed by atoms with Crippen LogP contribution in [-0.2, 0) is 20.7 Å². The summed E-state index contributed by atoms with van der Waals surface area (Å²) in [5.41, 5.74) is 2.53. The molecular weight excluding hydrogens is 366 g/mol. The summed E-state index contributed by atoms with van der Waals surface area (Å²) in [7, 11) is 4.06. The summed E-state index contributed by atoms with van der Waals surface area (Å²) in [6.07, 6.45) is 4.11. The number of ether oxygens (including phenoxy) is 2. The highest BCUT2D eigenvalue weighted by Crippen LogP contribution is 2.42. The van der Waals surface area contributed by atoms with E-state index in [9.17, 15) is 4.79 Å². The number of rotatable bonds is 5. The van der Waals surface area contributed by atoms with Crippen LogP contribution in [0.25, 0.3) is 0 Å². The van der Waals surface area contributed by atoms with Crippen molar-refractivity contribution in [3.05, 3.63) is 29.8 Å². The van der Waals surface area contributed by atoms with Crippen LogP contribution in [0.4, 0.5) is 5.69 Å². The molecule has 1 aromatic carbocycles. The first kappa shape index (κ1) is 20.6. The molecule has 0 saturated carbocycles. The van der Waals surface area contributed by atoms with Gasteiger partial charge in [0.1, 0.15) is 0 Å². The van der Waals surface area contributed by atoms with Crippen molar-refractivity contribution in [3.63, 3.8) is 0 Å². The summed E-state index contributed by atoms with van der Waals surface area (Å²) < 4.78 is 11.6. The topological polar surface area (TPSA) is 45.2 Å². The van der Waals surface area contributed by atoms with Crippen LogP contribution >= 0.6 is 0 Å². The molecule has 3 saturated heterocycles. The van der Waals surface area contributed by atoms with Crippen LogP contribution in [-0.4, -0.2) is 88.5 Å². The second-order valence-electron chi connectivity index (χ2n) is 9.17. The van der Waals surface area contributed by atoms with E-state index in [4.69, 9.17) is 9.47 Å². The van der Waals surface area contributed by atoms with Gasteiger partial charge in [0.15, 0.2) is 0 Å². The monoisotopic (exact) mass is 401 g/mol. The molecule has 0 bridgehead atoms. The van der Waals surface area contributed by atoms with Gasteiger partial charge in [0.25, 0.3) is 0 Å². The van der Waals surface area contributed by atoms with Gasteiger partial charge in [0, 0.05) is 52.5 Å². The fraction of sp³-hybridized carbons (Fsp3) is 0.696. The van der Waals surface area contributed by atoms with Gasteiger partial charge in [-0.25, -0.2) is 0 Å². The number of amides is 1. The lowest BCUT2D eigenvalue weighted by Gasteiger charge is -2.38. The molecule has 1 amide bonds. The van der Waals surface area contributed by atoms with E-state index >= 15 is 0 Å². The standard InChI is InChI=1S/C23H35N3O3/c1-24(2)20-5-3-19(4-6-20)15-22(27)26-9-7-23(8-10-26)16-21(29-18-23)17-25-11-13-28-14-12-25/h3-6,21H,7-18H2,1-2H3. The maximum Gasteiger partial charge on any atom is 0.226 e. The minimum atomic E-state index is 0.251. The third kappa shape index (κ3) is 5.11. The molecule has 3 fully saturated rings. The largest absolute Gasteiger partial charge is 0.379 e. The summed E-state index contributed by atoms with van der Waals surface area (Å²) in [5.74, 6) is 0.251. The summed E-state index contributed by atoms with van der Waals surface area (Å²) in [5, 5.41) is 0. The third-order valence-electron chi connectivity index (χ3n) is 6.84. The molecule has 29 heavy (non-hydrogen) atoms. The molecule has 1 aromatic rings. The van der Waals surface area contributed by atoms with Crippen molar-refractivity contribution in [3.8, 4) is 0 Å². The molecule has 3 heterocycles. The average molecular weight is 402 g/mol. The van der Waals surface area contributed by atoms with Crippen LogP contribution in [0.15, 0.2) is 24.3 Å². The number of hydrogen-bond acceptors (Lipinski definition) is 5. The van der Waals surface area contributed by atoms with Crippen molar-refractivity contribution in [1.82, 2.24) is 9.80 Å². The minimum absolute atomic E-state index is 0.251. The smallest absolute Gasteiger partial charge is 0.226 e. The second kappa shape index (κ2) is 9.02. The Bertz CT molecular complexity index is 677. The number of morpholine rings is 1. The zero-order valence-corrected chi connectivity index (χ0v) is 17.9. The summed E-state index contributed by atoms with van der Waals surface area (Å²) in [6, 6.07) is 8.30. The molecule has 4 rings (SSSR count). The molecule has 0 N–H and O–H groups in total. The fourth-order valence-corrected chi connectivity index (χ4v) is 4.86. The highest BCUT2D eigenvalue weighted by molar-refractivity contribution is 5.79. The van der Waals surface area contributed by atoms with E-state index in [1.807, 2.05) is 14.1 Å². The lowest BCUT2D eigenvalue weighted by Crippen LogP contribution is -2.44. The van der Waals surface area contributed by atoms with E-state index in [1.54, 1.807) is 0 Å². The van der Waals surface area contributed by atoms with Crippen molar-refractivity contribution in [2.75, 3.05) is 71.5 Å². The molecule has 1 unspecified atom stereocenters. The molecule has 0 radical (unpaired) electrons. The zero-order chi connectivity index (χ0) is 20.3. The Labute approximate surface area is 174 Å². The number of hydrogen-bond donors (Lipinski definition) is 0. The van der Waals surface area contributed by atoms with Crippen molar-refractivity contribution >= 4 is 11.6 Å². The van der Waals surface area contributed by atoms with Crippen LogP contribution in [0.5, 0.6) is 0 Å². The molecular formula is C23H35N3O3. The lowest BCUT2D eigenvalue weighted by molar-refractivity contribution is -0.132. The predicted octanol–water partition coefficient (Wildman–Crippen LogP) is 2.03. The van der Waals surface area contributed by atoms with Gasteiger partial charge < -0.3 is 19.3 Å². The van der Waals surface area contributed by atoms with E-state index in [2.05, 4.69) is 39.0 Å². The number of carbonyl (C=O) groups is 1. The molecule has 3 aliphatic heterocycles. The Morgan fingerprint density at radius 2 is 1.79 bits per heavy atom. The van der Waals surface area contributed by atoms with Gasteiger partial charge in [-0.1, -0.05) is 12.1 Å². The molecule has 160 valence electrons.